The van der Waals surface area contributed by atoms with Gasteiger partial charge in [-0.2, -0.15) is 5.26 Å². The quantitative estimate of drug-likeness (QED) is 0.720. The Balaban J connectivity index is 1.87. The summed E-state index contributed by atoms with van der Waals surface area (Å²) in [4.78, 5) is 12.8. The zero-order chi connectivity index (χ0) is 18.4. The lowest BCUT2D eigenvalue weighted by Crippen LogP contribution is -2.38. The van der Waals surface area contributed by atoms with E-state index < -0.39 is 11.6 Å². The van der Waals surface area contributed by atoms with Gasteiger partial charge in [0.15, 0.2) is 0 Å². The van der Waals surface area contributed by atoms with Crippen molar-refractivity contribution >= 4 is 5.97 Å². The number of nitriles is 1. The molecule has 3 rings (SSSR count). The van der Waals surface area contributed by atoms with E-state index in [2.05, 4.69) is 0 Å². The fourth-order valence-corrected chi connectivity index (χ4v) is 2.69. The fraction of sp³-hybridized carbons (Fsp3) is 0.0909. The summed E-state index contributed by atoms with van der Waals surface area (Å²) in [7, 11) is 0. The molecule has 26 heavy (non-hydrogen) atoms. The second-order valence-corrected chi connectivity index (χ2v) is 5.83. The third-order valence-corrected chi connectivity index (χ3v) is 4.13. The van der Waals surface area contributed by atoms with Crippen LogP contribution in [0.15, 0.2) is 84.9 Å². The van der Waals surface area contributed by atoms with E-state index >= 15 is 0 Å². The number of nitrogens with zero attached hydrogens (tertiary/aromatic N) is 1. The molecule has 0 aliphatic heterocycles. The summed E-state index contributed by atoms with van der Waals surface area (Å²) in [6, 6.07) is 26.2. The van der Waals surface area contributed by atoms with E-state index in [1.54, 1.807) is 72.8 Å². The molecule has 0 unspecified atom stereocenters. The molecule has 4 nitrogen and oxygen atoms in total. The minimum Gasteiger partial charge on any atom is -0.458 e. The van der Waals surface area contributed by atoms with Crippen LogP contribution < -0.4 is 0 Å². The summed E-state index contributed by atoms with van der Waals surface area (Å²) in [5.74, 6) is -0.751. The number of rotatable bonds is 5. The second-order valence-electron chi connectivity index (χ2n) is 5.83. The standard InChI is InChI=1S/C22H17NO3/c23-15-17-11-13-18(14-12-17)16-26-21(24)22(25,19-7-3-1-4-8-19)20-9-5-2-6-10-20/h1-14,25H,16H2. The van der Waals surface area contributed by atoms with Gasteiger partial charge in [0.1, 0.15) is 6.61 Å². The Kier molecular flexibility index (Phi) is 5.12. The number of ether oxygens (including phenoxy) is 1. The number of hydrogen-bond acceptors (Lipinski definition) is 4. The van der Waals surface area contributed by atoms with E-state index in [1.807, 2.05) is 18.2 Å². The molecule has 0 atom stereocenters. The first-order valence-electron chi connectivity index (χ1n) is 8.14. The van der Waals surface area contributed by atoms with E-state index in [9.17, 15) is 9.90 Å². The average molecular weight is 343 g/mol. The molecule has 4 heteroatoms. The summed E-state index contributed by atoms with van der Waals surface area (Å²) < 4.78 is 5.40. The van der Waals surface area contributed by atoms with Crippen molar-refractivity contribution in [1.29, 1.82) is 5.26 Å². The van der Waals surface area contributed by atoms with Gasteiger partial charge in [0.05, 0.1) is 11.6 Å². The van der Waals surface area contributed by atoms with Gasteiger partial charge in [0.25, 0.3) is 0 Å². The minimum atomic E-state index is -1.89. The van der Waals surface area contributed by atoms with Gasteiger partial charge in [-0.3, -0.25) is 0 Å². The molecule has 0 spiro atoms. The highest BCUT2D eigenvalue weighted by molar-refractivity contribution is 5.85. The molecule has 0 saturated heterocycles. The van der Waals surface area contributed by atoms with Crippen LogP contribution in [-0.4, -0.2) is 11.1 Å². The van der Waals surface area contributed by atoms with Gasteiger partial charge >= 0.3 is 5.97 Å². The number of carbonyl (C=O) groups is 1. The van der Waals surface area contributed by atoms with Crippen LogP contribution in [0.1, 0.15) is 22.3 Å². The van der Waals surface area contributed by atoms with E-state index in [4.69, 9.17) is 10.00 Å². The number of esters is 1. The zero-order valence-electron chi connectivity index (χ0n) is 14.0. The lowest BCUT2D eigenvalue weighted by Gasteiger charge is -2.27. The molecule has 3 aromatic rings. The molecule has 1 N–H and O–H groups in total. The summed E-state index contributed by atoms with van der Waals surface area (Å²) in [6.07, 6.45) is 0. The first kappa shape index (κ1) is 17.4. The van der Waals surface area contributed by atoms with Gasteiger partial charge in [-0.25, -0.2) is 4.79 Å². The predicted molar refractivity (Wildman–Crippen MR) is 96.8 cm³/mol. The number of aliphatic hydroxyl groups is 1. The molecule has 0 bridgehead atoms. The van der Waals surface area contributed by atoms with Crippen molar-refractivity contribution in [2.24, 2.45) is 0 Å². The molecule has 0 fully saturated rings. The van der Waals surface area contributed by atoms with Crippen molar-refractivity contribution in [1.82, 2.24) is 0 Å². The smallest absolute Gasteiger partial charge is 0.348 e. The van der Waals surface area contributed by atoms with Crippen molar-refractivity contribution in [2.75, 3.05) is 0 Å². The van der Waals surface area contributed by atoms with Gasteiger partial charge in [0, 0.05) is 0 Å². The highest BCUT2D eigenvalue weighted by Crippen LogP contribution is 2.31. The van der Waals surface area contributed by atoms with E-state index in [-0.39, 0.29) is 6.61 Å². The Bertz CT molecular complexity index is 874. The fourth-order valence-electron chi connectivity index (χ4n) is 2.69. The van der Waals surface area contributed by atoms with Crippen LogP contribution in [0.5, 0.6) is 0 Å². The first-order chi connectivity index (χ1) is 12.6. The largest absolute Gasteiger partial charge is 0.458 e. The Morgan fingerprint density at radius 2 is 1.38 bits per heavy atom. The highest BCUT2D eigenvalue weighted by Gasteiger charge is 2.41. The summed E-state index contributed by atoms with van der Waals surface area (Å²) >= 11 is 0. The van der Waals surface area contributed by atoms with E-state index in [0.29, 0.717) is 16.7 Å². The Hall–Kier alpha value is -3.42. The van der Waals surface area contributed by atoms with Gasteiger partial charge in [0.2, 0.25) is 5.60 Å². The molecule has 0 aliphatic rings. The van der Waals surface area contributed by atoms with Crippen LogP contribution in [0.4, 0.5) is 0 Å². The van der Waals surface area contributed by atoms with Crippen LogP contribution in [0.2, 0.25) is 0 Å². The van der Waals surface area contributed by atoms with E-state index in [1.165, 1.54) is 0 Å². The van der Waals surface area contributed by atoms with E-state index in [0.717, 1.165) is 5.56 Å². The first-order valence-corrected chi connectivity index (χ1v) is 8.14. The third-order valence-electron chi connectivity index (χ3n) is 4.13. The molecule has 128 valence electrons. The Labute approximate surface area is 151 Å². The molecular formula is C22H17NO3. The minimum absolute atomic E-state index is 0.00647. The van der Waals surface area contributed by atoms with Gasteiger partial charge in [-0.15, -0.1) is 0 Å². The molecule has 0 aromatic heterocycles. The SMILES string of the molecule is N#Cc1ccc(COC(=O)C(O)(c2ccccc2)c2ccccc2)cc1. The number of hydrogen-bond donors (Lipinski definition) is 1. The number of benzene rings is 3. The van der Waals surface area contributed by atoms with Crippen LogP contribution in [-0.2, 0) is 21.7 Å². The summed E-state index contributed by atoms with van der Waals surface area (Å²) in [6.45, 7) is 0.00647. The molecule has 0 amide bonds. The molecular weight excluding hydrogens is 326 g/mol. The maximum absolute atomic E-state index is 12.8. The van der Waals surface area contributed by atoms with Gasteiger partial charge in [-0.05, 0) is 28.8 Å². The maximum atomic E-state index is 12.8. The summed E-state index contributed by atoms with van der Waals surface area (Å²) in [5, 5.41) is 20.1. The molecule has 0 radical (unpaired) electrons. The van der Waals surface area contributed by atoms with Crippen molar-refractivity contribution in [3.63, 3.8) is 0 Å². The molecule has 0 heterocycles. The lowest BCUT2D eigenvalue weighted by atomic mass is 9.86. The van der Waals surface area contributed by atoms with Gasteiger partial charge in [-0.1, -0.05) is 72.8 Å². The lowest BCUT2D eigenvalue weighted by molar-refractivity contribution is -0.163. The van der Waals surface area contributed by atoms with Crippen LogP contribution in [0, 0.1) is 11.3 Å². The van der Waals surface area contributed by atoms with Crippen LogP contribution in [0.3, 0.4) is 0 Å². The Morgan fingerprint density at radius 1 is 0.885 bits per heavy atom. The second kappa shape index (κ2) is 7.64. The summed E-state index contributed by atoms with van der Waals surface area (Å²) in [5.41, 5.74) is 0.257. The van der Waals surface area contributed by atoms with Crippen LogP contribution >= 0.6 is 0 Å². The predicted octanol–water partition coefficient (Wildman–Crippen LogP) is 3.54. The molecule has 3 aromatic carbocycles. The maximum Gasteiger partial charge on any atom is 0.348 e. The average Bonchev–Trinajstić information content (AvgIpc) is 2.73. The monoisotopic (exact) mass is 343 g/mol. The normalized spacial score (nSPS) is 10.8. The van der Waals surface area contributed by atoms with Crippen molar-refractivity contribution < 1.29 is 14.6 Å². The van der Waals surface area contributed by atoms with Crippen molar-refractivity contribution in [2.45, 2.75) is 12.2 Å². The van der Waals surface area contributed by atoms with Crippen molar-refractivity contribution in [3.05, 3.63) is 107 Å². The van der Waals surface area contributed by atoms with Gasteiger partial charge < -0.3 is 9.84 Å². The number of carbonyl (C=O) groups excluding carboxylic acids is 1. The topological polar surface area (TPSA) is 70.3 Å². The highest BCUT2D eigenvalue weighted by atomic mass is 16.5. The van der Waals surface area contributed by atoms with Crippen LogP contribution in [0.25, 0.3) is 0 Å². The Morgan fingerprint density at radius 3 is 1.85 bits per heavy atom. The zero-order valence-corrected chi connectivity index (χ0v) is 14.0. The molecule has 0 aliphatic carbocycles. The molecule has 0 saturated carbocycles. The van der Waals surface area contributed by atoms with Crippen molar-refractivity contribution in [3.8, 4) is 6.07 Å². The third kappa shape index (κ3) is 3.49.